The van der Waals surface area contributed by atoms with Crippen molar-refractivity contribution in [3.8, 4) is 6.01 Å². The molecule has 0 aliphatic heterocycles. The van der Waals surface area contributed by atoms with E-state index in [-0.39, 0.29) is 0 Å². The third-order valence-corrected chi connectivity index (χ3v) is 1.76. The zero-order valence-corrected chi connectivity index (χ0v) is 6.95. The number of nitrogens with zero attached hydrogens (tertiary/aromatic N) is 2. The summed E-state index contributed by atoms with van der Waals surface area (Å²) in [6, 6.07) is 1.05. The summed E-state index contributed by atoms with van der Waals surface area (Å²) in [6.45, 7) is 0. The second kappa shape index (κ2) is 2.97. The summed E-state index contributed by atoms with van der Waals surface area (Å²) in [5.74, 6) is 0. The first-order valence-electron chi connectivity index (χ1n) is 4.01. The minimum absolute atomic E-state index is 0.413. The Bertz CT molecular complexity index is 256. The molecular weight excluding hydrogens is 154 g/mol. The molecule has 4 nitrogen and oxygen atoms in total. The smallest absolute Gasteiger partial charge is 0.316 e. The Kier molecular flexibility index (Phi) is 1.81. The second-order valence-electron chi connectivity index (χ2n) is 2.88. The first kappa shape index (κ1) is 7.34. The molecule has 0 radical (unpaired) electrons. The van der Waals surface area contributed by atoms with Crippen LogP contribution < -0.4 is 10.1 Å². The number of methoxy groups -OCH3 is 1. The van der Waals surface area contributed by atoms with E-state index in [2.05, 4.69) is 15.3 Å². The molecule has 12 heavy (non-hydrogen) atoms. The van der Waals surface area contributed by atoms with Gasteiger partial charge < -0.3 is 10.1 Å². The molecule has 0 unspecified atom stereocenters. The Morgan fingerprint density at radius 2 is 2.08 bits per heavy atom. The third-order valence-electron chi connectivity index (χ3n) is 1.76. The molecule has 0 amide bonds. The van der Waals surface area contributed by atoms with Crippen molar-refractivity contribution in [2.75, 3.05) is 12.4 Å². The summed E-state index contributed by atoms with van der Waals surface area (Å²) >= 11 is 0. The Balaban J connectivity index is 2.02. The molecule has 1 N–H and O–H groups in total. The van der Waals surface area contributed by atoms with Crippen molar-refractivity contribution >= 4 is 5.69 Å². The minimum atomic E-state index is 0.413. The molecule has 0 atom stereocenters. The molecule has 1 aromatic rings. The predicted octanol–water partition coefficient (Wildman–Crippen LogP) is 1.06. The van der Waals surface area contributed by atoms with Gasteiger partial charge in [0, 0.05) is 6.04 Å². The zero-order valence-electron chi connectivity index (χ0n) is 6.95. The van der Waals surface area contributed by atoms with Gasteiger partial charge in [-0.3, -0.25) is 0 Å². The monoisotopic (exact) mass is 165 g/mol. The summed E-state index contributed by atoms with van der Waals surface area (Å²) in [5, 5.41) is 3.29. The van der Waals surface area contributed by atoms with E-state index in [9.17, 15) is 0 Å². The van der Waals surface area contributed by atoms with Gasteiger partial charge in [0.15, 0.2) is 0 Å². The number of hydrogen-bond acceptors (Lipinski definition) is 4. The van der Waals surface area contributed by atoms with Crippen molar-refractivity contribution in [3.05, 3.63) is 12.4 Å². The van der Waals surface area contributed by atoms with Crippen LogP contribution in [0.4, 0.5) is 5.69 Å². The quantitative estimate of drug-likeness (QED) is 0.727. The number of rotatable bonds is 3. The Morgan fingerprint density at radius 3 is 2.58 bits per heavy atom. The maximum atomic E-state index is 4.84. The van der Waals surface area contributed by atoms with Crippen molar-refractivity contribution in [1.82, 2.24) is 9.97 Å². The van der Waals surface area contributed by atoms with Crippen LogP contribution in [0.3, 0.4) is 0 Å². The van der Waals surface area contributed by atoms with Crippen molar-refractivity contribution in [2.24, 2.45) is 0 Å². The number of hydrogen-bond donors (Lipinski definition) is 1. The molecular formula is C8H11N3O. The van der Waals surface area contributed by atoms with Crippen molar-refractivity contribution < 1.29 is 4.74 Å². The van der Waals surface area contributed by atoms with Gasteiger partial charge in [0.1, 0.15) is 0 Å². The van der Waals surface area contributed by atoms with E-state index >= 15 is 0 Å². The van der Waals surface area contributed by atoms with Crippen molar-refractivity contribution in [3.63, 3.8) is 0 Å². The highest BCUT2D eigenvalue weighted by molar-refractivity contribution is 5.40. The first-order chi connectivity index (χ1) is 5.88. The van der Waals surface area contributed by atoms with E-state index in [1.807, 2.05) is 0 Å². The Hall–Kier alpha value is -1.32. The zero-order chi connectivity index (χ0) is 8.39. The molecule has 1 fully saturated rings. The van der Waals surface area contributed by atoms with Gasteiger partial charge in [0.2, 0.25) is 0 Å². The summed E-state index contributed by atoms with van der Waals surface area (Å²) in [6.07, 6.45) is 5.99. The average Bonchev–Trinajstić information content (AvgIpc) is 2.90. The van der Waals surface area contributed by atoms with Gasteiger partial charge in [0.25, 0.3) is 0 Å². The predicted molar refractivity (Wildman–Crippen MR) is 45.2 cm³/mol. The van der Waals surface area contributed by atoms with E-state index in [0.29, 0.717) is 12.1 Å². The van der Waals surface area contributed by atoms with E-state index in [0.717, 1.165) is 5.69 Å². The number of anilines is 1. The molecule has 1 heterocycles. The van der Waals surface area contributed by atoms with Gasteiger partial charge in [-0.15, -0.1) is 0 Å². The third kappa shape index (κ3) is 1.64. The van der Waals surface area contributed by atoms with E-state index in [1.165, 1.54) is 12.8 Å². The lowest BCUT2D eigenvalue weighted by atomic mass is 10.5. The number of aromatic nitrogens is 2. The van der Waals surface area contributed by atoms with E-state index in [1.54, 1.807) is 19.5 Å². The molecule has 4 heteroatoms. The summed E-state index contributed by atoms with van der Waals surface area (Å²) in [4.78, 5) is 7.96. The van der Waals surface area contributed by atoms with Crippen molar-refractivity contribution in [1.29, 1.82) is 0 Å². The van der Waals surface area contributed by atoms with Crippen LogP contribution in [0.15, 0.2) is 12.4 Å². The highest BCUT2D eigenvalue weighted by atomic mass is 16.5. The fourth-order valence-corrected chi connectivity index (χ4v) is 0.960. The average molecular weight is 165 g/mol. The van der Waals surface area contributed by atoms with Crippen LogP contribution in [0.25, 0.3) is 0 Å². The van der Waals surface area contributed by atoms with Crippen LogP contribution in [-0.2, 0) is 0 Å². The van der Waals surface area contributed by atoms with Crippen LogP contribution in [0.2, 0.25) is 0 Å². The number of nitrogens with one attached hydrogen (secondary N) is 1. The SMILES string of the molecule is COc1ncc(NC2CC2)cn1. The van der Waals surface area contributed by atoms with Crippen LogP contribution in [0.5, 0.6) is 6.01 Å². The largest absolute Gasteiger partial charge is 0.467 e. The standard InChI is InChI=1S/C8H11N3O/c1-12-8-9-4-7(5-10-8)11-6-2-3-6/h4-6,11H,2-3H2,1H3. The molecule has 2 rings (SSSR count). The van der Waals surface area contributed by atoms with Crippen molar-refractivity contribution in [2.45, 2.75) is 18.9 Å². The second-order valence-corrected chi connectivity index (χ2v) is 2.88. The van der Waals surface area contributed by atoms with Gasteiger partial charge in [-0.25, -0.2) is 9.97 Å². The molecule has 1 aromatic heterocycles. The topological polar surface area (TPSA) is 47.0 Å². The highest BCUT2D eigenvalue weighted by Gasteiger charge is 2.20. The van der Waals surface area contributed by atoms with Crippen LogP contribution in [-0.4, -0.2) is 23.1 Å². The lowest BCUT2D eigenvalue weighted by Crippen LogP contribution is -2.02. The van der Waals surface area contributed by atoms with Crippen LogP contribution in [0.1, 0.15) is 12.8 Å². The minimum Gasteiger partial charge on any atom is -0.467 e. The summed E-state index contributed by atoms with van der Waals surface area (Å²) in [5.41, 5.74) is 0.971. The molecule has 0 bridgehead atoms. The fourth-order valence-electron chi connectivity index (χ4n) is 0.960. The maximum Gasteiger partial charge on any atom is 0.316 e. The summed E-state index contributed by atoms with van der Waals surface area (Å²) < 4.78 is 4.84. The molecule has 1 aliphatic rings. The van der Waals surface area contributed by atoms with Gasteiger partial charge in [-0.2, -0.15) is 0 Å². The Labute approximate surface area is 71.0 Å². The summed E-state index contributed by atoms with van der Waals surface area (Å²) in [7, 11) is 1.56. The number of ether oxygens (including phenoxy) is 1. The highest BCUT2D eigenvalue weighted by Crippen LogP contribution is 2.23. The fraction of sp³-hybridized carbons (Fsp3) is 0.500. The molecule has 0 spiro atoms. The molecule has 64 valence electrons. The van der Waals surface area contributed by atoms with Crippen LogP contribution in [0, 0.1) is 0 Å². The first-order valence-corrected chi connectivity index (χ1v) is 4.01. The Morgan fingerprint density at radius 1 is 1.42 bits per heavy atom. The van der Waals surface area contributed by atoms with Gasteiger partial charge in [-0.05, 0) is 12.8 Å². The van der Waals surface area contributed by atoms with E-state index in [4.69, 9.17) is 4.74 Å². The molecule has 1 aliphatic carbocycles. The normalized spacial score (nSPS) is 15.8. The van der Waals surface area contributed by atoms with Gasteiger partial charge >= 0.3 is 6.01 Å². The molecule has 0 saturated heterocycles. The van der Waals surface area contributed by atoms with Crippen LogP contribution >= 0.6 is 0 Å². The molecule has 0 aromatic carbocycles. The lowest BCUT2D eigenvalue weighted by molar-refractivity contribution is 0.380. The van der Waals surface area contributed by atoms with Gasteiger partial charge in [0.05, 0.1) is 25.2 Å². The maximum absolute atomic E-state index is 4.84. The lowest BCUT2D eigenvalue weighted by Gasteiger charge is -2.02. The van der Waals surface area contributed by atoms with Gasteiger partial charge in [-0.1, -0.05) is 0 Å². The van der Waals surface area contributed by atoms with E-state index < -0.39 is 0 Å². The molecule has 1 saturated carbocycles.